The van der Waals surface area contributed by atoms with Crippen LogP contribution in [0.25, 0.3) is 10.8 Å². The zero-order valence-corrected chi connectivity index (χ0v) is 12.9. The van der Waals surface area contributed by atoms with E-state index in [0.29, 0.717) is 6.04 Å². The highest BCUT2D eigenvalue weighted by atomic mass is 79.9. The lowest BCUT2D eigenvalue weighted by atomic mass is 9.99. The van der Waals surface area contributed by atoms with E-state index in [9.17, 15) is 0 Å². The van der Waals surface area contributed by atoms with Gasteiger partial charge in [0.25, 0.3) is 0 Å². The molecule has 1 N–H and O–H groups in total. The Bertz CT molecular complexity index is 562. The summed E-state index contributed by atoms with van der Waals surface area (Å²) in [6, 6.07) is 13.5. The highest BCUT2D eigenvalue weighted by Crippen LogP contribution is 2.25. The molecule has 1 atom stereocenters. The molecule has 19 heavy (non-hydrogen) atoms. The number of nitrogens with one attached hydrogen (secondary N) is 1. The molecular weight excluding hydrogens is 298 g/mol. The summed E-state index contributed by atoms with van der Waals surface area (Å²) >= 11 is 3.51. The molecule has 0 saturated heterocycles. The van der Waals surface area contributed by atoms with E-state index in [4.69, 9.17) is 0 Å². The van der Waals surface area contributed by atoms with Gasteiger partial charge in [0.15, 0.2) is 0 Å². The first-order chi connectivity index (χ1) is 9.24. The molecule has 0 spiro atoms. The van der Waals surface area contributed by atoms with E-state index in [2.05, 4.69) is 71.1 Å². The van der Waals surface area contributed by atoms with E-state index in [1.54, 1.807) is 0 Å². The zero-order chi connectivity index (χ0) is 13.7. The molecule has 0 heterocycles. The van der Waals surface area contributed by atoms with Crippen molar-refractivity contribution in [1.29, 1.82) is 0 Å². The summed E-state index contributed by atoms with van der Waals surface area (Å²) in [5.74, 6) is 0. The van der Waals surface area contributed by atoms with E-state index in [1.165, 1.54) is 16.3 Å². The summed E-state index contributed by atoms with van der Waals surface area (Å²) in [4.78, 5) is 0. The van der Waals surface area contributed by atoms with E-state index in [1.807, 2.05) is 6.08 Å². The summed E-state index contributed by atoms with van der Waals surface area (Å²) in [6.07, 6.45) is 4.09. The summed E-state index contributed by atoms with van der Waals surface area (Å²) < 4.78 is 1.12. The number of hydrogen-bond donors (Lipinski definition) is 1. The Morgan fingerprint density at radius 2 is 1.95 bits per heavy atom. The van der Waals surface area contributed by atoms with Crippen molar-refractivity contribution in [3.8, 4) is 0 Å². The van der Waals surface area contributed by atoms with Crippen LogP contribution in [0.3, 0.4) is 0 Å². The van der Waals surface area contributed by atoms with E-state index < -0.39 is 0 Å². The van der Waals surface area contributed by atoms with E-state index >= 15 is 0 Å². The Hall–Kier alpha value is -1.12. The van der Waals surface area contributed by atoms with Crippen LogP contribution in [-0.2, 0) is 0 Å². The molecule has 0 bridgehead atoms. The van der Waals surface area contributed by atoms with Gasteiger partial charge in [-0.05, 0) is 53.9 Å². The van der Waals surface area contributed by atoms with Crippen LogP contribution >= 0.6 is 15.9 Å². The minimum absolute atomic E-state index is 0.366. The molecule has 0 saturated carbocycles. The molecule has 2 rings (SSSR count). The van der Waals surface area contributed by atoms with Gasteiger partial charge in [0.1, 0.15) is 0 Å². The topological polar surface area (TPSA) is 12.0 Å². The van der Waals surface area contributed by atoms with E-state index in [0.717, 1.165) is 23.9 Å². The normalized spacial score (nSPS) is 12.5. The monoisotopic (exact) mass is 317 g/mol. The number of rotatable bonds is 6. The molecule has 0 aliphatic rings. The van der Waals surface area contributed by atoms with Gasteiger partial charge in [-0.15, -0.1) is 6.58 Å². The lowest BCUT2D eigenvalue weighted by Gasteiger charge is -2.18. The quantitative estimate of drug-likeness (QED) is 0.720. The number of halogens is 1. The third kappa shape index (κ3) is 3.68. The van der Waals surface area contributed by atoms with Crippen LogP contribution in [0.4, 0.5) is 0 Å². The van der Waals surface area contributed by atoms with Crippen molar-refractivity contribution in [2.75, 3.05) is 6.54 Å². The lowest BCUT2D eigenvalue weighted by Crippen LogP contribution is -2.21. The molecule has 0 aliphatic heterocycles. The third-order valence-corrected chi connectivity index (χ3v) is 3.77. The van der Waals surface area contributed by atoms with Gasteiger partial charge in [0, 0.05) is 10.5 Å². The van der Waals surface area contributed by atoms with Crippen LogP contribution in [0, 0.1) is 0 Å². The number of hydrogen-bond acceptors (Lipinski definition) is 1. The summed E-state index contributed by atoms with van der Waals surface area (Å²) in [7, 11) is 0. The maximum atomic E-state index is 3.86. The summed E-state index contributed by atoms with van der Waals surface area (Å²) in [5, 5.41) is 6.14. The number of benzene rings is 2. The van der Waals surface area contributed by atoms with Gasteiger partial charge in [-0.2, -0.15) is 0 Å². The fraction of sp³-hybridized carbons (Fsp3) is 0.294. The highest BCUT2D eigenvalue weighted by molar-refractivity contribution is 9.10. The van der Waals surface area contributed by atoms with Crippen LogP contribution in [-0.4, -0.2) is 6.54 Å². The molecule has 2 aromatic carbocycles. The molecule has 100 valence electrons. The average Bonchev–Trinajstić information content (AvgIpc) is 2.43. The molecule has 0 aromatic heterocycles. The van der Waals surface area contributed by atoms with Gasteiger partial charge in [-0.1, -0.05) is 47.1 Å². The first-order valence-corrected chi connectivity index (χ1v) is 7.57. The standard InChI is InChI=1S/C17H20BrN/c1-3-5-17(19-10-4-2)15-7-6-14-12-16(18)9-8-13(14)11-15/h3,6-9,11-12,17,19H,1,4-5,10H2,2H3. The molecule has 0 amide bonds. The van der Waals surface area contributed by atoms with Crippen LogP contribution in [0.2, 0.25) is 0 Å². The van der Waals surface area contributed by atoms with E-state index in [-0.39, 0.29) is 0 Å². The van der Waals surface area contributed by atoms with Crippen molar-refractivity contribution in [1.82, 2.24) is 5.32 Å². The summed E-state index contributed by atoms with van der Waals surface area (Å²) in [5.41, 5.74) is 1.34. The van der Waals surface area contributed by atoms with Gasteiger partial charge < -0.3 is 5.32 Å². The second-order valence-corrected chi connectivity index (χ2v) is 5.70. The van der Waals surface area contributed by atoms with Gasteiger partial charge in [0.05, 0.1) is 0 Å². The minimum atomic E-state index is 0.366. The second-order valence-electron chi connectivity index (χ2n) is 4.78. The predicted octanol–water partition coefficient (Wildman–Crippen LogP) is 5.22. The van der Waals surface area contributed by atoms with Gasteiger partial charge in [0.2, 0.25) is 0 Å². The number of fused-ring (bicyclic) bond motifs is 1. The van der Waals surface area contributed by atoms with Crippen molar-refractivity contribution in [3.63, 3.8) is 0 Å². The largest absolute Gasteiger partial charge is 0.310 e. The molecular formula is C17H20BrN. The fourth-order valence-corrected chi connectivity index (χ4v) is 2.65. The third-order valence-electron chi connectivity index (χ3n) is 3.27. The van der Waals surface area contributed by atoms with Crippen molar-refractivity contribution in [3.05, 3.63) is 59.1 Å². The van der Waals surface area contributed by atoms with Crippen molar-refractivity contribution in [2.24, 2.45) is 0 Å². The molecule has 0 fully saturated rings. The lowest BCUT2D eigenvalue weighted by molar-refractivity contribution is 0.538. The van der Waals surface area contributed by atoms with Crippen molar-refractivity contribution in [2.45, 2.75) is 25.8 Å². The van der Waals surface area contributed by atoms with Crippen LogP contribution in [0.1, 0.15) is 31.4 Å². The maximum Gasteiger partial charge on any atom is 0.0355 e. The molecule has 1 unspecified atom stereocenters. The fourth-order valence-electron chi connectivity index (χ4n) is 2.27. The Labute approximate surface area is 123 Å². The molecule has 1 nitrogen and oxygen atoms in total. The molecule has 2 heteroatoms. The Morgan fingerprint density at radius 1 is 1.21 bits per heavy atom. The van der Waals surface area contributed by atoms with Crippen LogP contribution < -0.4 is 5.32 Å². The minimum Gasteiger partial charge on any atom is -0.310 e. The van der Waals surface area contributed by atoms with Gasteiger partial charge >= 0.3 is 0 Å². The predicted molar refractivity (Wildman–Crippen MR) is 87.5 cm³/mol. The van der Waals surface area contributed by atoms with Gasteiger partial charge in [-0.25, -0.2) is 0 Å². The highest BCUT2D eigenvalue weighted by Gasteiger charge is 2.09. The Balaban J connectivity index is 2.31. The SMILES string of the molecule is C=CCC(NCCC)c1ccc2cc(Br)ccc2c1. The van der Waals surface area contributed by atoms with Crippen LogP contribution in [0.5, 0.6) is 0 Å². The second kappa shape index (κ2) is 6.88. The van der Waals surface area contributed by atoms with Gasteiger partial charge in [-0.3, -0.25) is 0 Å². The average molecular weight is 318 g/mol. The van der Waals surface area contributed by atoms with Crippen LogP contribution in [0.15, 0.2) is 53.5 Å². The van der Waals surface area contributed by atoms with Crippen molar-refractivity contribution < 1.29 is 0 Å². The Kier molecular flexibility index (Phi) is 5.17. The Morgan fingerprint density at radius 3 is 2.68 bits per heavy atom. The summed E-state index contributed by atoms with van der Waals surface area (Å²) in [6.45, 7) is 7.09. The first kappa shape index (κ1) is 14.3. The first-order valence-electron chi connectivity index (χ1n) is 6.78. The zero-order valence-electron chi connectivity index (χ0n) is 11.3. The van der Waals surface area contributed by atoms with Crippen molar-refractivity contribution >= 4 is 26.7 Å². The maximum absolute atomic E-state index is 3.86. The molecule has 2 aromatic rings. The smallest absolute Gasteiger partial charge is 0.0355 e. The molecule has 0 radical (unpaired) electrons. The molecule has 0 aliphatic carbocycles.